The molecule has 0 aliphatic rings. The Hall–Kier alpha value is -1.89. The second-order valence-electron chi connectivity index (χ2n) is 3.14. The van der Waals surface area contributed by atoms with Crippen molar-refractivity contribution in [2.45, 2.75) is 0 Å². The third-order valence-corrected chi connectivity index (χ3v) is 2.65. The van der Waals surface area contributed by atoms with Crippen molar-refractivity contribution in [3.8, 4) is 5.75 Å². The highest BCUT2D eigenvalue weighted by atomic mass is 79.9. The zero-order valence-corrected chi connectivity index (χ0v) is 11.3. The van der Waals surface area contributed by atoms with E-state index in [4.69, 9.17) is 4.74 Å². The average molecular weight is 316 g/mol. The van der Waals surface area contributed by atoms with Gasteiger partial charge >= 0.3 is 11.7 Å². The molecule has 0 aromatic heterocycles. The summed E-state index contributed by atoms with van der Waals surface area (Å²) in [5.74, 6) is -0.494. The Bertz CT molecular complexity index is 512. The second kappa shape index (κ2) is 6.15. The normalized spacial score (nSPS) is 10.9. The molecule has 96 valence electrons. The van der Waals surface area contributed by atoms with Gasteiger partial charge in [-0.25, -0.2) is 4.79 Å². The fourth-order valence-corrected chi connectivity index (χ4v) is 1.72. The molecular formula is C11H10BrNO5. The van der Waals surface area contributed by atoms with Gasteiger partial charge in [-0.2, -0.15) is 0 Å². The van der Waals surface area contributed by atoms with Gasteiger partial charge in [-0.15, -0.1) is 0 Å². The maximum Gasteiger partial charge on any atom is 0.344 e. The van der Waals surface area contributed by atoms with E-state index in [9.17, 15) is 14.9 Å². The molecule has 0 amide bonds. The van der Waals surface area contributed by atoms with Crippen molar-refractivity contribution < 1.29 is 19.2 Å². The molecule has 0 aliphatic carbocycles. The van der Waals surface area contributed by atoms with Gasteiger partial charge in [0.15, 0.2) is 5.75 Å². The first-order chi connectivity index (χ1) is 8.51. The van der Waals surface area contributed by atoms with Crippen molar-refractivity contribution in [1.82, 2.24) is 0 Å². The van der Waals surface area contributed by atoms with Gasteiger partial charge in [0, 0.05) is 0 Å². The minimum atomic E-state index is -0.618. The maximum absolute atomic E-state index is 11.2. The minimum absolute atomic E-state index is 0.0846. The topological polar surface area (TPSA) is 78.7 Å². The van der Waals surface area contributed by atoms with Crippen molar-refractivity contribution >= 4 is 33.7 Å². The van der Waals surface area contributed by atoms with Gasteiger partial charge < -0.3 is 9.47 Å². The highest BCUT2D eigenvalue weighted by Crippen LogP contribution is 2.32. The van der Waals surface area contributed by atoms with E-state index < -0.39 is 10.9 Å². The smallest absolute Gasteiger partial charge is 0.344 e. The molecule has 7 heteroatoms. The summed E-state index contributed by atoms with van der Waals surface area (Å²) in [7, 11) is 2.56. The zero-order valence-electron chi connectivity index (χ0n) is 9.68. The number of esters is 1. The molecule has 0 saturated heterocycles. The molecule has 0 N–H and O–H groups in total. The molecule has 0 atom stereocenters. The lowest BCUT2D eigenvalue weighted by Crippen LogP contribution is -2.00. The number of halogens is 1. The lowest BCUT2D eigenvalue weighted by atomic mass is 10.1. The van der Waals surface area contributed by atoms with Crippen molar-refractivity contribution in [1.29, 1.82) is 0 Å². The summed E-state index contributed by atoms with van der Waals surface area (Å²) in [6, 6.07) is 4.57. The third-order valence-electron chi connectivity index (χ3n) is 2.10. The van der Waals surface area contributed by atoms with E-state index in [0.29, 0.717) is 0 Å². The number of nitro benzene ring substituents is 1. The zero-order chi connectivity index (χ0) is 13.7. The third kappa shape index (κ3) is 3.07. The van der Waals surface area contributed by atoms with Crippen molar-refractivity contribution in [3.63, 3.8) is 0 Å². The number of nitro groups is 1. The van der Waals surface area contributed by atoms with Crippen LogP contribution in [0.4, 0.5) is 5.69 Å². The predicted octanol–water partition coefficient (Wildman–Crippen LogP) is 2.51. The van der Waals surface area contributed by atoms with Crippen molar-refractivity contribution in [2.24, 2.45) is 0 Å². The number of nitrogens with zero attached hydrogens (tertiary/aromatic N) is 1. The Kier molecular flexibility index (Phi) is 4.85. The first-order valence-corrected chi connectivity index (χ1v) is 5.57. The maximum atomic E-state index is 11.2. The highest BCUT2D eigenvalue weighted by molar-refractivity contribution is 9.12. The van der Waals surface area contributed by atoms with Crippen LogP contribution in [0.1, 0.15) is 5.56 Å². The summed E-state index contributed by atoms with van der Waals surface area (Å²) in [6.07, 6.45) is 1.31. The van der Waals surface area contributed by atoms with Crippen LogP contribution in [-0.4, -0.2) is 25.1 Å². The number of methoxy groups -OCH3 is 2. The van der Waals surface area contributed by atoms with Gasteiger partial charge in [0.1, 0.15) is 4.48 Å². The quantitative estimate of drug-likeness (QED) is 0.369. The molecule has 1 aromatic rings. The van der Waals surface area contributed by atoms with Crippen LogP contribution < -0.4 is 4.74 Å². The van der Waals surface area contributed by atoms with Gasteiger partial charge in [0.25, 0.3) is 0 Å². The number of benzene rings is 1. The largest absolute Gasteiger partial charge is 0.490 e. The summed E-state index contributed by atoms with van der Waals surface area (Å²) >= 11 is 2.99. The summed E-state index contributed by atoms with van der Waals surface area (Å²) < 4.78 is 9.48. The fourth-order valence-electron chi connectivity index (χ4n) is 1.31. The van der Waals surface area contributed by atoms with E-state index in [1.807, 2.05) is 0 Å². The van der Waals surface area contributed by atoms with E-state index >= 15 is 0 Å². The van der Waals surface area contributed by atoms with Crippen LogP contribution in [0, 0.1) is 10.1 Å². The van der Waals surface area contributed by atoms with E-state index in [1.165, 1.54) is 32.4 Å². The van der Waals surface area contributed by atoms with Crippen LogP contribution in [0.3, 0.4) is 0 Å². The molecule has 1 aromatic carbocycles. The van der Waals surface area contributed by atoms with Crippen LogP contribution in [0.25, 0.3) is 6.08 Å². The average Bonchev–Trinajstić information content (AvgIpc) is 2.36. The Labute approximate surface area is 111 Å². The minimum Gasteiger partial charge on any atom is -0.490 e. The van der Waals surface area contributed by atoms with Gasteiger partial charge in [-0.05, 0) is 34.1 Å². The van der Waals surface area contributed by atoms with E-state index in [2.05, 4.69) is 20.7 Å². The van der Waals surface area contributed by atoms with Crippen LogP contribution in [0.15, 0.2) is 22.7 Å². The molecule has 0 fully saturated rings. The van der Waals surface area contributed by atoms with Gasteiger partial charge in [-0.3, -0.25) is 10.1 Å². The number of para-hydroxylation sites is 1. The lowest BCUT2D eigenvalue weighted by Gasteiger charge is -2.04. The van der Waals surface area contributed by atoms with Crippen molar-refractivity contribution in [3.05, 3.63) is 38.4 Å². The highest BCUT2D eigenvalue weighted by Gasteiger charge is 2.20. The van der Waals surface area contributed by atoms with E-state index in [-0.39, 0.29) is 21.5 Å². The monoisotopic (exact) mass is 315 g/mol. The fraction of sp³-hybridized carbons (Fsp3) is 0.182. The number of rotatable bonds is 4. The first-order valence-electron chi connectivity index (χ1n) is 4.78. The summed E-state index contributed by atoms with van der Waals surface area (Å²) in [6.45, 7) is 0. The molecular weight excluding hydrogens is 306 g/mol. The van der Waals surface area contributed by atoms with Crippen molar-refractivity contribution in [2.75, 3.05) is 14.2 Å². The molecule has 0 heterocycles. The SMILES string of the molecule is COC(=O)/C(Br)=C/c1cccc(OC)c1[N+](=O)[O-]. The second-order valence-corrected chi connectivity index (χ2v) is 3.99. The number of hydrogen-bond donors (Lipinski definition) is 0. The lowest BCUT2D eigenvalue weighted by molar-refractivity contribution is -0.386. The summed E-state index contributed by atoms with van der Waals surface area (Å²) in [5.41, 5.74) is 0.0393. The number of carbonyl (C=O) groups is 1. The molecule has 0 bridgehead atoms. The van der Waals surface area contributed by atoms with E-state index in [0.717, 1.165) is 0 Å². The van der Waals surface area contributed by atoms with Gasteiger partial charge in [0.05, 0.1) is 24.7 Å². The van der Waals surface area contributed by atoms with Crippen LogP contribution in [0.5, 0.6) is 5.75 Å². The Morgan fingerprint density at radius 1 is 1.44 bits per heavy atom. The van der Waals surface area contributed by atoms with E-state index in [1.54, 1.807) is 6.07 Å². The van der Waals surface area contributed by atoms with Crippen LogP contribution in [0.2, 0.25) is 0 Å². The molecule has 0 aliphatic heterocycles. The predicted molar refractivity (Wildman–Crippen MR) is 68.6 cm³/mol. The molecule has 18 heavy (non-hydrogen) atoms. The molecule has 0 spiro atoms. The van der Waals surface area contributed by atoms with Crippen LogP contribution in [-0.2, 0) is 9.53 Å². The van der Waals surface area contributed by atoms with Crippen LogP contribution >= 0.6 is 15.9 Å². The number of hydrogen-bond acceptors (Lipinski definition) is 5. The van der Waals surface area contributed by atoms with Gasteiger partial charge in [-0.1, -0.05) is 6.07 Å². The molecule has 1 rings (SSSR count). The number of carbonyl (C=O) groups excluding carboxylic acids is 1. The first kappa shape index (κ1) is 14.2. The Balaban J connectivity index is 3.33. The Morgan fingerprint density at radius 2 is 2.11 bits per heavy atom. The molecule has 0 radical (unpaired) electrons. The number of ether oxygens (including phenoxy) is 2. The standard InChI is InChI=1S/C11H10BrNO5/c1-17-9-5-3-4-7(10(9)13(15)16)6-8(12)11(14)18-2/h3-6H,1-2H3/b8-6-. The molecule has 0 unspecified atom stereocenters. The Morgan fingerprint density at radius 3 is 2.61 bits per heavy atom. The molecule has 0 saturated carbocycles. The summed E-state index contributed by atoms with van der Waals surface area (Å²) in [4.78, 5) is 21.6. The molecule has 6 nitrogen and oxygen atoms in total. The summed E-state index contributed by atoms with van der Waals surface area (Å²) in [5, 5.41) is 11.0. The van der Waals surface area contributed by atoms with Gasteiger partial charge in [0.2, 0.25) is 0 Å².